The second-order valence-electron chi connectivity index (χ2n) is 6.39. The molecular weight excluding hydrogens is 340 g/mol. The molecule has 0 aliphatic carbocycles. The number of aromatic carboxylic acids is 1. The highest BCUT2D eigenvalue weighted by atomic mass is 16.5. The average Bonchev–Trinajstić information content (AvgIpc) is 3.11. The number of ether oxygens (including phenoxy) is 1. The van der Waals surface area contributed by atoms with Gasteiger partial charge in [0.2, 0.25) is 0 Å². The van der Waals surface area contributed by atoms with Crippen molar-refractivity contribution in [1.82, 2.24) is 9.97 Å². The minimum Gasteiger partial charge on any atom is -0.497 e. The Morgan fingerprint density at radius 2 is 1.93 bits per heavy atom. The number of hydrogen-bond donors (Lipinski definition) is 2. The molecule has 0 aliphatic rings. The van der Waals surface area contributed by atoms with Crippen molar-refractivity contribution in [2.45, 2.75) is 6.92 Å². The van der Waals surface area contributed by atoms with E-state index in [0.29, 0.717) is 5.56 Å². The standard InChI is InChI=1S/C22H18N2O3/c1-13-8-15(6-7-18(13)22(25)26)20-12-24-21-19(20)10-16(11-23-21)14-4-3-5-17(9-14)27-2/h3-12H,1-2H3,(H,23,24)(H,25,26). The molecule has 0 saturated heterocycles. The van der Waals surface area contributed by atoms with Gasteiger partial charge in [0.1, 0.15) is 11.4 Å². The minimum absolute atomic E-state index is 0.314. The lowest BCUT2D eigenvalue weighted by molar-refractivity contribution is 0.0696. The molecular formula is C22H18N2O3. The highest BCUT2D eigenvalue weighted by Gasteiger charge is 2.12. The number of aromatic nitrogens is 2. The van der Waals surface area contributed by atoms with E-state index in [0.717, 1.165) is 44.6 Å². The van der Waals surface area contributed by atoms with Gasteiger partial charge in [-0.3, -0.25) is 0 Å². The number of aryl methyl sites for hydroxylation is 1. The molecule has 0 spiro atoms. The first-order valence-electron chi connectivity index (χ1n) is 8.52. The zero-order valence-electron chi connectivity index (χ0n) is 15.0. The van der Waals surface area contributed by atoms with Gasteiger partial charge in [-0.2, -0.15) is 0 Å². The van der Waals surface area contributed by atoms with Gasteiger partial charge in [0, 0.05) is 28.9 Å². The molecule has 0 bridgehead atoms. The van der Waals surface area contributed by atoms with Crippen LogP contribution in [0.3, 0.4) is 0 Å². The monoisotopic (exact) mass is 358 g/mol. The van der Waals surface area contributed by atoms with E-state index in [9.17, 15) is 9.90 Å². The summed E-state index contributed by atoms with van der Waals surface area (Å²) in [6.07, 6.45) is 3.73. The second-order valence-corrected chi connectivity index (χ2v) is 6.39. The molecule has 5 nitrogen and oxygen atoms in total. The highest BCUT2D eigenvalue weighted by Crippen LogP contribution is 2.32. The van der Waals surface area contributed by atoms with Crippen LogP contribution in [-0.2, 0) is 0 Å². The number of carboxylic acid groups (broad SMARTS) is 1. The van der Waals surface area contributed by atoms with Crippen molar-refractivity contribution in [3.63, 3.8) is 0 Å². The van der Waals surface area contributed by atoms with Crippen molar-refractivity contribution in [2.75, 3.05) is 7.11 Å². The molecule has 2 aromatic carbocycles. The van der Waals surface area contributed by atoms with Crippen LogP contribution in [0.15, 0.2) is 60.9 Å². The molecule has 2 heterocycles. The first-order chi connectivity index (χ1) is 13.1. The molecule has 0 radical (unpaired) electrons. The third-order valence-electron chi connectivity index (χ3n) is 4.70. The fraction of sp³-hybridized carbons (Fsp3) is 0.0909. The number of H-pyrrole nitrogens is 1. The van der Waals surface area contributed by atoms with Crippen molar-refractivity contribution in [2.24, 2.45) is 0 Å². The molecule has 4 rings (SSSR count). The van der Waals surface area contributed by atoms with Crippen LogP contribution in [0.1, 0.15) is 15.9 Å². The maximum Gasteiger partial charge on any atom is 0.335 e. The zero-order chi connectivity index (χ0) is 19.0. The third kappa shape index (κ3) is 3.04. The number of benzene rings is 2. The summed E-state index contributed by atoms with van der Waals surface area (Å²) in [7, 11) is 1.65. The van der Waals surface area contributed by atoms with Gasteiger partial charge < -0.3 is 14.8 Å². The predicted octanol–water partition coefficient (Wildman–Crippen LogP) is 4.91. The normalized spacial score (nSPS) is 10.9. The highest BCUT2D eigenvalue weighted by molar-refractivity contribution is 5.97. The summed E-state index contributed by atoms with van der Waals surface area (Å²) in [5.74, 6) is -0.123. The fourth-order valence-corrected chi connectivity index (χ4v) is 3.27. The van der Waals surface area contributed by atoms with Crippen LogP contribution in [0.5, 0.6) is 5.75 Å². The Morgan fingerprint density at radius 1 is 1.07 bits per heavy atom. The lowest BCUT2D eigenvalue weighted by atomic mass is 9.98. The van der Waals surface area contributed by atoms with E-state index in [1.165, 1.54) is 0 Å². The van der Waals surface area contributed by atoms with E-state index in [4.69, 9.17) is 4.74 Å². The van der Waals surface area contributed by atoms with Gasteiger partial charge in [0.05, 0.1) is 12.7 Å². The number of carbonyl (C=O) groups is 1. The summed E-state index contributed by atoms with van der Waals surface area (Å²) in [6, 6.07) is 15.3. The maximum atomic E-state index is 11.3. The first-order valence-corrected chi connectivity index (χ1v) is 8.52. The number of fused-ring (bicyclic) bond motifs is 1. The van der Waals surface area contributed by atoms with Crippen LogP contribution < -0.4 is 4.74 Å². The molecule has 2 N–H and O–H groups in total. The van der Waals surface area contributed by atoms with E-state index >= 15 is 0 Å². The van der Waals surface area contributed by atoms with Gasteiger partial charge in [-0.25, -0.2) is 9.78 Å². The Labute approximate surface area is 156 Å². The lowest BCUT2D eigenvalue weighted by Gasteiger charge is -2.07. The van der Waals surface area contributed by atoms with E-state index in [1.807, 2.05) is 55.7 Å². The molecule has 0 aliphatic heterocycles. The minimum atomic E-state index is -0.917. The van der Waals surface area contributed by atoms with E-state index in [1.54, 1.807) is 13.2 Å². The molecule has 0 fully saturated rings. The third-order valence-corrected chi connectivity index (χ3v) is 4.70. The van der Waals surface area contributed by atoms with Crippen LogP contribution in [0.25, 0.3) is 33.3 Å². The molecule has 0 amide bonds. The van der Waals surface area contributed by atoms with Crippen LogP contribution in [0.4, 0.5) is 0 Å². The Balaban J connectivity index is 1.83. The molecule has 4 aromatic rings. The first kappa shape index (κ1) is 16.8. The average molecular weight is 358 g/mol. The van der Waals surface area contributed by atoms with Gasteiger partial charge in [-0.15, -0.1) is 0 Å². The summed E-state index contributed by atoms with van der Waals surface area (Å²) < 4.78 is 5.31. The lowest BCUT2D eigenvalue weighted by Crippen LogP contribution is -1.99. The van der Waals surface area contributed by atoms with Crippen molar-refractivity contribution < 1.29 is 14.6 Å². The molecule has 0 saturated carbocycles. The quantitative estimate of drug-likeness (QED) is 0.543. The van der Waals surface area contributed by atoms with Crippen molar-refractivity contribution in [3.8, 4) is 28.0 Å². The Morgan fingerprint density at radius 3 is 2.67 bits per heavy atom. The molecule has 0 atom stereocenters. The second kappa shape index (κ2) is 6.61. The number of nitrogens with zero attached hydrogens (tertiary/aromatic N) is 1. The molecule has 5 heteroatoms. The van der Waals surface area contributed by atoms with Crippen LogP contribution >= 0.6 is 0 Å². The van der Waals surface area contributed by atoms with Crippen molar-refractivity contribution >= 4 is 17.0 Å². The molecule has 2 aromatic heterocycles. The number of carboxylic acids is 1. The summed E-state index contributed by atoms with van der Waals surface area (Å²) in [4.78, 5) is 19.0. The number of methoxy groups -OCH3 is 1. The Bertz CT molecular complexity index is 1160. The Kier molecular flexibility index (Phi) is 4.12. The number of pyridine rings is 1. The molecule has 134 valence electrons. The van der Waals surface area contributed by atoms with E-state index in [-0.39, 0.29) is 0 Å². The summed E-state index contributed by atoms with van der Waals surface area (Å²) in [5, 5.41) is 10.2. The SMILES string of the molecule is COc1cccc(-c2cnc3[nH]cc(-c4ccc(C(=O)O)c(C)c4)c3c2)c1. The van der Waals surface area contributed by atoms with Gasteiger partial charge in [0.25, 0.3) is 0 Å². The van der Waals surface area contributed by atoms with Crippen molar-refractivity contribution in [3.05, 3.63) is 72.1 Å². The van der Waals surface area contributed by atoms with E-state index < -0.39 is 5.97 Å². The number of rotatable bonds is 4. The fourth-order valence-electron chi connectivity index (χ4n) is 3.27. The van der Waals surface area contributed by atoms with Crippen LogP contribution in [0.2, 0.25) is 0 Å². The van der Waals surface area contributed by atoms with Gasteiger partial charge in [-0.1, -0.05) is 24.3 Å². The van der Waals surface area contributed by atoms with E-state index in [2.05, 4.69) is 16.0 Å². The van der Waals surface area contributed by atoms with Crippen molar-refractivity contribution in [1.29, 1.82) is 0 Å². The Hall–Kier alpha value is -3.60. The number of hydrogen-bond acceptors (Lipinski definition) is 3. The summed E-state index contributed by atoms with van der Waals surface area (Å²) in [6.45, 7) is 1.81. The van der Waals surface area contributed by atoms with Gasteiger partial charge >= 0.3 is 5.97 Å². The summed E-state index contributed by atoms with van der Waals surface area (Å²) in [5.41, 5.74) is 5.78. The van der Waals surface area contributed by atoms with Gasteiger partial charge in [0.15, 0.2) is 0 Å². The smallest absolute Gasteiger partial charge is 0.335 e. The predicted molar refractivity (Wildman–Crippen MR) is 105 cm³/mol. The largest absolute Gasteiger partial charge is 0.497 e. The topological polar surface area (TPSA) is 75.2 Å². The number of aromatic amines is 1. The van der Waals surface area contributed by atoms with Crippen LogP contribution in [0, 0.1) is 6.92 Å². The zero-order valence-corrected chi connectivity index (χ0v) is 15.0. The maximum absolute atomic E-state index is 11.3. The number of nitrogens with one attached hydrogen (secondary N) is 1. The molecule has 0 unspecified atom stereocenters. The summed E-state index contributed by atoms with van der Waals surface area (Å²) >= 11 is 0. The molecule has 27 heavy (non-hydrogen) atoms. The van der Waals surface area contributed by atoms with Gasteiger partial charge in [-0.05, 0) is 47.9 Å². The van der Waals surface area contributed by atoms with Crippen LogP contribution in [-0.4, -0.2) is 28.2 Å².